The van der Waals surface area contributed by atoms with E-state index in [0.717, 1.165) is 6.07 Å². The molecule has 26 nitrogen and oxygen atoms in total. The Kier molecular flexibility index (Phi) is 16.0. The van der Waals surface area contributed by atoms with Crippen molar-refractivity contribution in [1.29, 1.82) is 0 Å². The van der Waals surface area contributed by atoms with Crippen molar-refractivity contribution >= 4 is 106 Å². The van der Waals surface area contributed by atoms with Gasteiger partial charge in [-0.3, -0.25) is 32.8 Å². The Labute approximate surface area is 431 Å². The highest BCUT2D eigenvalue weighted by Crippen LogP contribution is 2.45. The first-order chi connectivity index (χ1) is 35.2. The third-order valence-electron chi connectivity index (χ3n) is 11.8. The van der Waals surface area contributed by atoms with Crippen molar-refractivity contribution in [2.75, 3.05) is 42.1 Å². The number of fused-ring (bicyclic) bond motifs is 2. The molecule has 0 spiro atoms. The molecule has 10 N–H and O–H groups in total. The number of carbonyl (C=O) groups is 6. The van der Waals surface area contributed by atoms with E-state index in [4.69, 9.17) is 4.42 Å². The van der Waals surface area contributed by atoms with Crippen molar-refractivity contribution in [3.05, 3.63) is 99.4 Å². The normalized spacial score (nSPS) is 12.1. The molecule has 0 fully saturated rings. The van der Waals surface area contributed by atoms with Crippen molar-refractivity contribution < 1.29 is 92.5 Å². The van der Waals surface area contributed by atoms with Gasteiger partial charge in [0.25, 0.3) is 30.4 Å². The lowest BCUT2D eigenvalue weighted by atomic mass is 9.93. The number of hydrogen-bond acceptors (Lipinski definition) is 15. The number of carboxylic acids is 4. The quantitative estimate of drug-likeness (QED) is 0.0382. The Balaban J connectivity index is 1.61. The molecule has 0 radical (unpaired) electrons. The van der Waals surface area contributed by atoms with Gasteiger partial charge in [-0.2, -0.15) is 25.3 Å². The standard InChI is InChI=1S/C47H46N6O20S3/c1-21-40(23(3)44(75(67,68)69)25(5)42(21)50-46(62)52(17-35(54)55)18-36(56)57)48-27-11-13-29-32(15-27)73-33-16-28(12-14-30(33)39(29)31-9-7-8-10-34(31)74(64,65)66)49-41-22(2)43(26(6)45(24(41)4)76(70,71)72)51-47(63)53(19-37(58)59)20-38(60)61/h7-16,48H,17-20H2,1-6H3,(H,50,62)(H,51,63)(H,54,55)(H,56,57)(H,58,59)(H,60,61)(H,64,65,66)(H,67,68,69)(H,70,71,72). The van der Waals surface area contributed by atoms with E-state index < -0.39 is 107 Å². The van der Waals surface area contributed by atoms with Crippen LogP contribution in [0.25, 0.3) is 33.4 Å². The number of aliphatic carboxylic acids is 4. The van der Waals surface area contributed by atoms with Crippen molar-refractivity contribution in [2.45, 2.75) is 56.2 Å². The number of benzene rings is 5. The maximum atomic E-state index is 13.4. The summed E-state index contributed by atoms with van der Waals surface area (Å²) in [5.74, 6) is -6.30. The predicted molar refractivity (Wildman–Crippen MR) is 269 cm³/mol. The summed E-state index contributed by atoms with van der Waals surface area (Å²) in [6.45, 7) is 3.67. The molecule has 4 amide bonds. The number of anilines is 4. The molecule has 0 atom stereocenters. The largest absolute Gasteiger partial charge is 0.480 e. The molecule has 0 bridgehead atoms. The lowest BCUT2D eigenvalue weighted by Gasteiger charge is -2.25. The summed E-state index contributed by atoms with van der Waals surface area (Å²) in [6, 6.07) is 11.5. The third-order valence-corrected chi connectivity index (χ3v) is 15.0. The van der Waals surface area contributed by atoms with E-state index in [0.29, 0.717) is 9.80 Å². The SMILES string of the molecule is Cc1c(N=c2ccc3c(-c4ccccc4S(=O)(=O)O)c4ccc(Nc5c(C)c(NC(=O)N(CC(=O)O)CC(=O)O)c(C)c(S(=O)(=O)O)c5C)cc4oc-3c2)c(C)c(S(=O)(=O)O)c(C)c1NC(=O)N(CC(=O)O)CC(=O)O. The average Bonchev–Trinajstić information content (AvgIpc) is 3.28. The van der Waals surface area contributed by atoms with Gasteiger partial charge in [0, 0.05) is 45.6 Å². The fourth-order valence-electron chi connectivity index (χ4n) is 8.80. The van der Waals surface area contributed by atoms with Crippen LogP contribution < -0.4 is 21.3 Å². The molecule has 76 heavy (non-hydrogen) atoms. The first kappa shape index (κ1) is 56.8. The molecule has 0 saturated carbocycles. The van der Waals surface area contributed by atoms with Crippen LogP contribution in [0.4, 0.5) is 38.0 Å². The zero-order chi connectivity index (χ0) is 56.7. The van der Waals surface area contributed by atoms with Crippen LogP contribution in [0.5, 0.6) is 0 Å². The number of carboxylic acid groups (broad SMARTS) is 4. The zero-order valence-corrected chi connectivity index (χ0v) is 43.1. The molecule has 0 aromatic heterocycles. The van der Waals surface area contributed by atoms with Gasteiger partial charge in [-0.05, 0) is 105 Å². The number of amides is 4. The summed E-state index contributed by atoms with van der Waals surface area (Å²) in [4.78, 5) is 76.4. The van der Waals surface area contributed by atoms with E-state index in [1.165, 1.54) is 96.1 Å². The van der Waals surface area contributed by atoms with Crippen molar-refractivity contribution in [2.24, 2.45) is 4.99 Å². The van der Waals surface area contributed by atoms with Gasteiger partial charge in [0.1, 0.15) is 52.2 Å². The van der Waals surface area contributed by atoms with Crippen LogP contribution in [0, 0.1) is 41.5 Å². The number of hydrogen-bond donors (Lipinski definition) is 10. The van der Waals surface area contributed by atoms with Crippen LogP contribution >= 0.6 is 0 Å². The van der Waals surface area contributed by atoms with Crippen LogP contribution in [0.15, 0.2) is 84.8 Å². The van der Waals surface area contributed by atoms with Gasteiger partial charge in [0.15, 0.2) is 0 Å². The lowest BCUT2D eigenvalue weighted by Crippen LogP contribution is -2.42. The zero-order valence-electron chi connectivity index (χ0n) is 40.6. The summed E-state index contributed by atoms with van der Waals surface area (Å²) in [6.07, 6.45) is 0. The number of nitrogens with zero attached hydrogens (tertiary/aromatic N) is 3. The smallest absolute Gasteiger partial charge is 0.323 e. The minimum absolute atomic E-state index is 0.00870. The second-order valence-electron chi connectivity index (χ2n) is 17.1. The third kappa shape index (κ3) is 12.0. The number of rotatable bonds is 17. The molecule has 0 unspecified atom stereocenters. The maximum absolute atomic E-state index is 13.4. The van der Waals surface area contributed by atoms with Crippen LogP contribution in [-0.4, -0.2) is 131 Å². The highest BCUT2D eigenvalue weighted by atomic mass is 32.2. The average molecular weight is 1110 g/mol. The van der Waals surface area contributed by atoms with Gasteiger partial charge < -0.3 is 50.6 Å². The molecule has 29 heteroatoms. The molecule has 1 aliphatic carbocycles. The lowest BCUT2D eigenvalue weighted by molar-refractivity contribution is -0.142. The fourth-order valence-corrected chi connectivity index (χ4v) is 11.4. The number of nitrogens with one attached hydrogen (secondary N) is 3. The van der Waals surface area contributed by atoms with Crippen LogP contribution in [0.1, 0.15) is 33.4 Å². The molecule has 402 valence electrons. The topological polar surface area (TPSA) is 415 Å². The maximum Gasteiger partial charge on any atom is 0.323 e. The fraction of sp³-hybridized carbons (Fsp3) is 0.213. The minimum Gasteiger partial charge on any atom is -0.480 e. The first-order valence-corrected chi connectivity index (χ1v) is 26.1. The van der Waals surface area contributed by atoms with Crippen molar-refractivity contribution in [3.8, 4) is 22.5 Å². The highest BCUT2D eigenvalue weighted by molar-refractivity contribution is 7.86. The predicted octanol–water partition coefficient (Wildman–Crippen LogP) is 5.78. The Hall–Kier alpha value is -8.48. The Morgan fingerprint density at radius 3 is 1.50 bits per heavy atom. The van der Waals surface area contributed by atoms with Gasteiger partial charge in [-0.1, -0.05) is 18.2 Å². The Bertz CT molecular complexity index is 3840. The molecule has 2 aliphatic rings. The second-order valence-corrected chi connectivity index (χ2v) is 21.2. The summed E-state index contributed by atoms with van der Waals surface area (Å²) < 4.78 is 115. The first-order valence-electron chi connectivity index (χ1n) is 21.8. The van der Waals surface area contributed by atoms with Crippen molar-refractivity contribution in [3.63, 3.8) is 0 Å². The summed E-state index contributed by atoms with van der Waals surface area (Å²) in [7, 11) is -15.1. The van der Waals surface area contributed by atoms with Gasteiger partial charge >= 0.3 is 35.9 Å². The molecule has 1 heterocycles. The monoisotopic (exact) mass is 1110 g/mol. The van der Waals surface area contributed by atoms with Gasteiger partial charge in [0.05, 0.1) is 22.4 Å². The van der Waals surface area contributed by atoms with Gasteiger partial charge in [-0.15, -0.1) is 0 Å². The van der Waals surface area contributed by atoms with E-state index in [1.54, 1.807) is 0 Å². The van der Waals surface area contributed by atoms with E-state index in [-0.39, 0.29) is 101 Å². The molecule has 4 aromatic carbocycles. The summed E-state index contributed by atoms with van der Waals surface area (Å²) in [5.41, 5.74) is -0.684. The van der Waals surface area contributed by atoms with Crippen molar-refractivity contribution in [1.82, 2.24) is 9.80 Å². The van der Waals surface area contributed by atoms with Crippen LogP contribution in [0.2, 0.25) is 0 Å². The molecule has 0 saturated heterocycles. The Morgan fingerprint density at radius 2 is 1.01 bits per heavy atom. The summed E-state index contributed by atoms with van der Waals surface area (Å²) >= 11 is 0. The molecule has 4 aromatic rings. The van der Waals surface area contributed by atoms with E-state index in [1.807, 2.05) is 0 Å². The highest BCUT2D eigenvalue weighted by Gasteiger charge is 2.31. The van der Waals surface area contributed by atoms with Gasteiger partial charge in [0.2, 0.25) is 0 Å². The number of urea groups is 2. The molecule has 1 aliphatic heterocycles. The molecular formula is C47H46N6O20S3. The second kappa shape index (κ2) is 21.4. The minimum atomic E-state index is -5.10. The molecule has 6 rings (SSSR count). The molecular weight excluding hydrogens is 1060 g/mol. The van der Waals surface area contributed by atoms with E-state index in [2.05, 4.69) is 20.9 Å². The number of carbonyl (C=O) groups excluding carboxylic acids is 2. The van der Waals surface area contributed by atoms with Crippen LogP contribution in [-0.2, 0) is 49.5 Å². The summed E-state index contributed by atoms with van der Waals surface area (Å²) in [5, 5.41) is 45.4. The van der Waals surface area contributed by atoms with Gasteiger partial charge in [-0.25, -0.2) is 14.6 Å². The van der Waals surface area contributed by atoms with E-state index >= 15 is 0 Å². The van der Waals surface area contributed by atoms with E-state index in [9.17, 15) is 88.1 Å². The Morgan fingerprint density at radius 1 is 0.539 bits per heavy atom. The van der Waals surface area contributed by atoms with Crippen LogP contribution in [0.3, 0.4) is 0 Å².